The van der Waals surface area contributed by atoms with Gasteiger partial charge in [0.1, 0.15) is 11.3 Å². The number of nitrogens with one attached hydrogen (secondary N) is 1. The van der Waals surface area contributed by atoms with E-state index in [4.69, 9.17) is 4.74 Å². The SMILES string of the molecule is CCNC(C)(c1ccc(OC(C)C)cc1)C(F)F. The molecule has 0 aliphatic heterocycles. The highest BCUT2D eigenvalue weighted by molar-refractivity contribution is 5.32. The summed E-state index contributed by atoms with van der Waals surface area (Å²) in [7, 11) is 0. The Bertz CT molecular complexity index is 365. The molecule has 18 heavy (non-hydrogen) atoms. The van der Waals surface area contributed by atoms with E-state index in [2.05, 4.69) is 5.32 Å². The van der Waals surface area contributed by atoms with Crippen LogP contribution in [0, 0.1) is 0 Å². The van der Waals surface area contributed by atoms with Gasteiger partial charge in [0.25, 0.3) is 6.43 Å². The highest BCUT2D eigenvalue weighted by atomic mass is 19.3. The van der Waals surface area contributed by atoms with Crippen LogP contribution in [0.3, 0.4) is 0 Å². The number of alkyl halides is 2. The van der Waals surface area contributed by atoms with E-state index in [0.29, 0.717) is 17.9 Å². The second-order valence-corrected chi connectivity index (χ2v) is 4.72. The Morgan fingerprint density at radius 2 is 1.78 bits per heavy atom. The Hall–Kier alpha value is -1.16. The molecule has 4 heteroatoms. The Kier molecular flexibility index (Phi) is 5.08. The van der Waals surface area contributed by atoms with Gasteiger partial charge in [-0.1, -0.05) is 19.1 Å². The first kappa shape index (κ1) is 14.9. The maximum atomic E-state index is 13.2. The number of benzene rings is 1. The molecule has 0 saturated heterocycles. The van der Waals surface area contributed by atoms with E-state index < -0.39 is 12.0 Å². The van der Waals surface area contributed by atoms with E-state index in [0.717, 1.165) is 0 Å². The summed E-state index contributed by atoms with van der Waals surface area (Å²) in [5.41, 5.74) is -0.749. The number of ether oxygens (including phenoxy) is 1. The lowest BCUT2D eigenvalue weighted by Gasteiger charge is -2.30. The monoisotopic (exact) mass is 257 g/mol. The van der Waals surface area contributed by atoms with Crippen LogP contribution in [0.1, 0.15) is 33.3 Å². The topological polar surface area (TPSA) is 21.3 Å². The van der Waals surface area contributed by atoms with Crippen LogP contribution < -0.4 is 10.1 Å². The summed E-state index contributed by atoms with van der Waals surface area (Å²) in [4.78, 5) is 0. The van der Waals surface area contributed by atoms with Gasteiger partial charge in [0.2, 0.25) is 0 Å². The van der Waals surface area contributed by atoms with Gasteiger partial charge in [0.15, 0.2) is 0 Å². The van der Waals surface area contributed by atoms with Gasteiger partial charge in [0.05, 0.1) is 6.10 Å². The van der Waals surface area contributed by atoms with E-state index in [9.17, 15) is 8.78 Å². The van der Waals surface area contributed by atoms with Gasteiger partial charge < -0.3 is 10.1 Å². The molecule has 0 aliphatic carbocycles. The van der Waals surface area contributed by atoms with Crippen molar-refractivity contribution < 1.29 is 13.5 Å². The predicted molar refractivity (Wildman–Crippen MR) is 69.2 cm³/mol. The molecular formula is C14H21F2NO. The molecule has 1 aromatic carbocycles. The summed E-state index contributed by atoms with van der Waals surface area (Å²) in [6, 6.07) is 6.83. The van der Waals surface area contributed by atoms with Crippen molar-refractivity contribution in [3.05, 3.63) is 29.8 Å². The number of halogens is 2. The van der Waals surface area contributed by atoms with Crippen LogP contribution in [-0.4, -0.2) is 19.1 Å². The average molecular weight is 257 g/mol. The maximum Gasteiger partial charge on any atom is 0.260 e. The molecule has 0 aliphatic rings. The van der Waals surface area contributed by atoms with E-state index >= 15 is 0 Å². The molecule has 0 radical (unpaired) electrons. The lowest BCUT2D eigenvalue weighted by Crippen LogP contribution is -2.45. The molecule has 1 N–H and O–H groups in total. The van der Waals surface area contributed by atoms with Crippen LogP contribution in [0.4, 0.5) is 8.78 Å². The quantitative estimate of drug-likeness (QED) is 0.841. The first-order valence-corrected chi connectivity index (χ1v) is 6.20. The molecule has 0 amide bonds. The van der Waals surface area contributed by atoms with Gasteiger partial charge in [-0.05, 0) is 45.0 Å². The van der Waals surface area contributed by atoms with Gasteiger partial charge in [-0.2, -0.15) is 0 Å². The van der Waals surface area contributed by atoms with Crippen molar-refractivity contribution in [3.8, 4) is 5.75 Å². The lowest BCUT2D eigenvalue weighted by atomic mass is 9.92. The first-order valence-electron chi connectivity index (χ1n) is 6.20. The molecule has 1 unspecified atom stereocenters. The summed E-state index contributed by atoms with van der Waals surface area (Å²) in [6.07, 6.45) is -2.39. The largest absolute Gasteiger partial charge is 0.491 e. The fraction of sp³-hybridized carbons (Fsp3) is 0.571. The van der Waals surface area contributed by atoms with Crippen molar-refractivity contribution in [2.24, 2.45) is 0 Å². The normalized spacial score (nSPS) is 14.9. The van der Waals surface area contributed by atoms with E-state index in [-0.39, 0.29) is 6.10 Å². The molecule has 102 valence electrons. The fourth-order valence-electron chi connectivity index (χ4n) is 1.82. The van der Waals surface area contributed by atoms with Crippen molar-refractivity contribution in [1.82, 2.24) is 5.32 Å². The maximum absolute atomic E-state index is 13.2. The van der Waals surface area contributed by atoms with Crippen molar-refractivity contribution in [1.29, 1.82) is 0 Å². The fourth-order valence-corrected chi connectivity index (χ4v) is 1.82. The van der Waals surface area contributed by atoms with Gasteiger partial charge >= 0.3 is 0 Å². The second-order valence-electron chi connectivity index (χ2n) is 4.72. The molecule has 0 bridgehead atoms. The summed E-state index contributed by atoms with van der Waals surface area (Å²) >= 11 is 0. The molecule has 1 atom stereocenters. The lowest BCUT2D eigenvalue weighted by molar-refractivity contribution is 0.0394. The van der Waals surface area contributed by atoms with Crippen LogP contribution in [0.5, 0.6) is 5.75 Å². The number of rotatable bonds is 6. The van der Waals surface area contributed by atoms with E-state index in [1.54, 1.807) is 24.3 Å². The third-order valence-corrected chi connectivity index (χ3v) is 2.81. The van der Waals surface area contributed by atoms with Gasteiger partial charge in [-0.15, -0.1) is 0 Å². The van der Waals surface area contributed by atoms with Crippen molar-refractivity contribution in [3.63, 3.8) is 0 Å². The Morgan fingerprint density at radius 1 is 1.22 bits per heavy atom. The zero-order valence-corrected chi connectivity index (χ0v) is 11.3. The minimum absolute atomic E-state index is 0.0751. The summed E-state index contributed by atoms with van der Waals surface area (Å²) in [6.45, 7) is 7.67. The van der Waals surface area contributed by atoms with E-state index in [1.165, 1.54) is 6.92 Å². The zero-order chi connectivity index (χ0) is 13.8. The average Bonchev–Trinajstić information content (AvgIpc) is 2.29. The molecule has 0 heterocycles. The van der Waals surface area contributed by atoms with Crippen LogP contribution >= 0.6 is 0 Å². The highest BCUT2D eigenvalue weighted by Gasteiger charge is 2.35. The van der Waals surface area contributed by atoms with Crippen LogP contribution in [0.25, 0.3) is 0 Å². The van der Waals surface area contributed by atoms with E-state index in [1.807, 2.05) is 20.8 Å². The summed E-state index contributed by atoms with van der Waals surface area (Å²) < 4.78 is 31.8. The smallest absolute Gasteiger partial charge is 0.260 e. The summed E-state index contributed by atoms with van der Waals surface area (Å²) in [5.74, 6) is 0.696. The molecule has 1 rings (SSSR count). The molecule has 0 aromatic heterocycles. The Labute approximate surface area is 107 Å². The molecule has 0 saturated carbocycles. The van der Waals surface area contributed by atoms with Gasteiger partial charge in [-0.25, -0.2) is 8.78 Å². The summed E-state index contributed by atoms with van der Waals surface area (Å²) in [5, 5.41) is 2.84. The highest BCUT2D eigenvalue weighted by Crippen LogP contribution is 2.29. The predicted octanol–water partition coefficient (Wildman–Crippen LogP) is 3.56. The van der Waals surface area contributed by atoms with Crippen molar-refractivity contribution in [2.45, 2.75) is 45.8 Å². The number of hydrogen-bond acceptors (Lipinski definition) is 2. The molecule has 0 spiro atoms. The van der Waals surface area contributed by atoms with Crippen LogP contribution in [0.15, 0.2) is 24.3 Å². The second kappa shape index (κ2) is 6.14. The Balaban J connectivity index is 2.94. The third kappa shape index (κ3) is 3.42. The van der Waals surface area contributed by atoms with Crippen LogP contribution in [0.2, 0.25) is 0 Å². The molecule has 1 aromatic rings. The molecular weight excluding hydrogens is 236 g/mol. The Morgan fingerprint density at radius 3 is 2.17 bits per heavy atom. The molecule has 0 fully saturated rings. The minimum atomic E-state index is -2.46. The van der Waals surface area contributed by atoms with Gasteiger partial charge in [0, 0.05) is 0 Å². The standard InChI is InChI=1S/C14H21F2NO/c1-5-17-14(4,13(15)16)11-6-8-12(9-7-11)18-10(2)3/h6-10,13,17H,5H2,1-4H3. The van der Waals surface area contributed by atoms with Crippen molar-refractivity contribution in [2.75, 3.05) is 6.54 Å². The molecule has 2 nitrogen and oxygen atoms in total. The minimum Gasteiger partial charge on any atom is -0.491 e. The number of hydrogen-bond donors (Lipinski definition) is 1. The zero-order valence-electron chi connectivity index (χ0n) is 11.3. The van der Waals surface area contributed by atoms with Crippen LogP contribution in [-0.2, 0) is 5.54 Å². The first-order chi connectivity index (χ1) is 8.40. The van der Waals surface area contributed by atoms with Crippen molar-refractivity contribution >= 4 is 0 Å². The van der Waals surface area contributed by atoms with Gasteiger partial charge in [-0.3, -0.25) is 0 Å². The third-order valence-electron chi connectivity index (χ3n) is 2.81.